The molecule has 2 rings (SSSR count). The van der Waals surface area contributed by atoms with E-state index in [1.807, 2.05) is 45.0 Å². The largest absolute Gasteiger partial charge is 0.491 e. The summed E-state index contributed by atoms with van der Waals surface area (Å²) >= 11 is 0. The normalized spacial score (nSPS) is 10.8. The number of hydrogen-bond acceptors (Lipinski definition) is 3. The molecule has 0 unspecified atom stereocenters. The summed E-state index contributed by atoms with van der Waals surface area (Å²) in [6.07, 6.45) is 0.144. The molecule has 2 aromatic rings. The maximum Gasteiger partial charge on any atom is 0.254 e. The Kier molecular flexibility index (Phi) is 3.69. The second kappa shape index (κ2) is 5.26. The molecule has 0 fully saturated rings. The summed E-state index contributed by atoms with van der Waals surface area (Å²) < 4.78 is 5.58. The van der Waals surface area contributed by atoms with Crippen molar-refractivity contribution in [3.8, 4) is 17.1 Å². The van der Waals surface area contributed by atoms with Crippen LogP contribution in [0.5, 0.6) is 5.75 Å². The van der Waals surface area contributed by atoms with Crippen molar-refractivity contribution in [2.75, 3.05) is 0 Å². The number of aromatic nitrogens is 2. The van der Waals surface area contributed by atoms with Crippen LogP contribution in [0.15, 0.2) is 29.1 Å². The Morgan fingerprint density at radius 2 is 1.79 bits per heavy atom. The lowest BCUT2D eigenvalue weighted by Crippen LogP contribution is -2.14. The van der Waals surface area contributed by atoms with E-state index in [1.54, 1.807) is 6.92 Å². The predicted molar refractivity (Wildman–Crippen MR) is 75.5 cm³/mol. The molecule has 1 aromatic heterocycles. The molecule has 0 saturated carbocycles. The number of aryl methyl sites for hydroxylation is 1. The van der Waals surface area contributed by atoms with Crippen molar-refractivity contribution >= 4 is 0 Å². The number of hydrogen-bond donors (Lipinski definition) is 1. The summed E-state index contributed by atoms with van der Waals surface area (Å²) in [5.74, 6) is 1.40. The summed E-state index contributed by atoms with van der Waals surface area (Å²) in [6.45, 7) is 7.57. The highest BCUT2D eigenvalue weighted by molar-refractivity contribution is 5.56. The lowest BCUT2D eigenvalue weighted by molar-refractivity contribution is 0.242. The lowest BCUT2D eigenvalue weighted by atomic mass is 10.2. The van der Waals surface area contributed by atoms with Crippen LogP contribution >= 0.6 is 0 Å². The van der Waals surface area contributed by atoms with Gasteiger partial charge in [0.2, 0.25) is 0 Å². The minimum absolute atomic E-state index is 0.0926. The van der Waals surface area contributed by atoms with Crippen LogP contribution in [0.25, 0.3) is 11.4 Å². The summed E-state index contributed by atoms with van der Waals surface area (Å²) in [6, 6.07) is 7.55. The summed E-state index contributed by atoms with van der Waals surface area (Å²) in [7, 11) is 0. The number of nitrogens with zero attached hydrogens (tertiary/aromatic N) is 1. The fourth-order valence-electron chi connectivity index (χ4n) is 1.75. The van der Waals surface area contributed by atoms with Gasteiger partial charge in [-0.15, -0.1) is 0 Å². The molecule has 4 heteroatoms. The third kappa shape index (κ3) is 3.02. The smallest absolute Gasteiger partial charge is 0.254 e. The molecular formula is C15H18N2O2. The molecule has 0 radical (unpaired) electrons. The zero-order valence-corrected chi connectivity index (χ0v) is 11.7. The van der Waals surface area contributed by atoms with E-state index in [9.17, 15) is 4.79 Å². The Morgan fingerprint density at radius 1 is 1.16 bits per heavy atom. The second-order valence-corrected chi connectivity index (χ2v) is 4.82. The molecule has 0 amide bonds. The predicted octanol–water partition coefficient (Wildman–Crippen LogP) is 2.84. The standard InChI is InChI=1S/C15H18N2O2/c1-9(2)19-13-7-5-12(6-8-13)14-16-11(4)10(3)15(18)17-14/h5-9H,1-4H3,(H,16,17,18). The maximum atomic E-state index is 11.7. The zero-order chi connectivity index (χ0) is 14.0. The lowest BCUT2D eigenvalue weighted by Gasteiger charge is -2.10. The van der Waals surface area contributed by atoms with Gasteiger partial charge in [0.25, 0.3) is 5.56 Å². The van der Waals surface area contributed by atoms with Crippen molar-refractivity contribution in [1.29, 1.82) is 0 Å². The first-order chi connectivity index (χ1) is 8.97. The van der Waals surface area contributed by atoms with Gasteiger partial charge in [-0.2, -0.15) is 0 Å². The van der Waals surface area contributed by atoms with Crippen LogP contribution in [0.1, 0.15) is 25.1 Å². The molecule has 4 nitrogen and oxygen atoms in total. The monoisotopic (exact) mass is 258 g/mol. The van der Waals surface area contributed by atoms with Gasteiger partial charge in [-0.05, 0) is 52.0 Å². The molecule has 0 atom stereocenters. The van der Waals surface area contributed by atoms with E-state index in [0.717, 1.165) is 17.0 Å². The van der Waals surface area contributed by atoms with Crippen LogP contribution < -0.4 is 10.3 Å². The highest BCUT2D eigenvalue weighted by Crippen LogP contribution is 2.19. The Morgan fingerprint density at radius 3 is 2.32 bits per heavy atom. The van der Waals surface area contributed by atoms with Crippen molar-refractivity contribution in [2.45, 2.75) is 33.8 Å². The second-order valence-electron chi connectivity index (χ2n) is 4.82. The molecule has 0 spiro atoms. The van der Waals surface area contributed by atoms with E-state index in [1.165, 1.54) is 0 Å². The van der Waals surface area contributed by atoms with Crippen molar-refractivity contribution in [3.05, 3.63) is 45.9 Å². The van der Waals surface area contributed by atoms with E-state index >= 15 is 0 Å². The average Bonchev–Trinajstić information content (AvgIpc) is 2.35. The maximum absolute atomic E-state index is 11.7. The topological polar surface area (TPSA) is 55.0 Å². The number of aromatic amines is 1. The minimum Gasteiger partial charge on any atom is -0.491 e. The van der Waals surface area contributed by atoms with Gasteiger partial charge >= 0.3 is 0 Å². The van der Waals surface area contributed by atoms with Crippen molar-refractivity contribution in [2.24, 2.45) is 0 Å². The van der Waals surface area contributed by atoms with E-state index in [0.29, 0.717) is 11.4 Å². The molecule has 0 aliphatic carbocycles. The van der Waals surface area contributed by atoms with Crippen LogP contribution in [-0.2, 0) is 0 Å². The summed E-state index contributed by atoms with van der Waals surface area (Å²) in [4.78, 5) is 18.9. The third-order valence-corrected chi connectivity index (χ3v) is 2.89. The molecule has 0 saturated heterocycles. The van der Waals surface area contributed by atoms with E-state index in [4.69, 9.17) is 4.74 Å². The molecule has 1 heterocycles. The van der Waals surface area contributed by atoms with Crippen LogP contribution in [0, 0.1) is 13.8 Å². The molecule has 0 aliphatic heterocycles. The van der Waals surface area contributed by atoms with Gasteiger partial charge in [-0.25, -0.2) is 4.98 Å². The van der Waals surface area contributed by atoms with Crippen LogP contribution in [0.2, 0.25) is 0 Å². The van der Waals surface area contributed by atoms with Gasteiger partial charge in [0.1, 0.15) is 11.6 Å². The fourth-order valence-corrected chi connectivity index (χ4v) is 1.75. The molecule has 100 valence electrons. The number of rotatable bonds is 3. The van der Waals surface area contributed by atoms with Crippen molar-refractivity contribution in [3.63, 3.8) is 0 Å². The zero-order valence-electron chi connectivity index (χ0n) is 11.7. The first-order valence-corrected chi connectivity index (χ1v) is 6.32. The summed E-state index contributed by atoms with van der Waals surface area (Å²) in [5, 5.41) is 0. The minimum atomic E-state index is -0.0926. The van der Waals surface area contributed by atoms with Crippen molar-refractivity contribution < 1.29 is 4.74 Å². The van der Waals surface area contributed by atoms with Gasteiger partial charge in [-0.3, -0.25) is 4.79 Å². The molecule has 19 heavy (non-hydrogen) atoms. The fraction of sp³-hybridized carbons (Fsp3) is 0.333. The van der Waals surface area contributed by atoms with Gasteiger partial charge in [-0.1, -0.05) is 0 Å². The first kappa shape index (κ1) is 13.3. The number of H-pyrrole nitrogens is 1. The number of ether oxygens (including phenoxy) is 1. The highest BCUT2D eigenvalue weighted by atomic mass is 16.5. The number of nitrogens with one attached hydrogen (secondary N) is 1. The Hall–Kier alpha value is -2.10. The molecular weight excluding hydrogens is 240 g/mol. The number of benzene rings is 1. The quantitative estimate of drug-likeness (QED) is 0.921. The Balaban J connectivity index is 2.35. The molecule has 0 bridgehead atoms. The first-order valence-electron chi connectivity index (χ1n) is 6.32. The van der Waals surface area contributed by atoms with Crippen LogP contribution in [-0.4, -0.2) is 16.1 Å². The third-order valence-electron chi connectivity index (χ3n) is 2.89. The highest BCUT2D eigenvalue weighted by Gasteiger charge is 2.06. The Labute approximate surface area is 112 Å². The van der Waals surface area contributed by atoms with Crippen LogP contribution in [0.3, 0.4) is 0 Å². The average molecular weight is 258 g/mol. The van der Waals surface area contributed by atoms with Gasteiger partial charge in [0.05, 0.1) is 6.10 Å². The SMILES string of the molecule is Cc1nc(-c2ccc(OC(C)C)cc2)[nH]c(=O)c1C. The Bertz CT molecular complexity index is 628. The van der Waals surface area contributed by atoms with Gasteiger partial charge < -0.3 is 9.72 Å². The summed E-state index contributed by atoms with van der Waals surface area (Å²) in [5.41, 5.74) is 2.19. The molecule has 1 aromatic carbocycles. The van der Waals surface area contributed by atoms with E-state index < -0.39 is 0 Å². The van der Waals surface area contributed by atoms with Crippen LogP contribution in [0.4, 0.5) is 0 Å². The van der Waals surface area contributed by atoms with Gasteiger partial charge in [0.15, 0.2) is 0 Å². The van der Waals surface area contributed by atoms with Gasteiger partial charge in [0, 0.05) is 16.8 Å². The molecule has 0 aliphatic rings. The van der Waals surface area contributed by atoms with Crippen molar-refractivity contribution in [1.82, 2.24) is 9.97 Å². The van der Waals surface area contributed by atoms with E-state index in [2.05, 4.69) is 9.97 Å². The molecule has 1 N–H and O–H groups in total. The van der Waals surface area contributed by atoms with E-state index in [-0.39, 0.29) is 11.7 Å².